The molecule has 4 aromatic carbocycles. The number of rotatable bonds is 6. The second-order valence-corrected chi connectivity index (χ2v) is 9.07. The summed E-state index contributed by atoms with van der Waals surface area (Å²) in [5.74, 6) is 1.59. The van der Waals surface area contributed by atoms with E-state index in [0.29, 0.717) is 0 Å². The number of ether oxygens (including phenoxy) is 2. The number of aromatic nitrogens is 2. The lowest BCUT2D eigenvalue weighted by molar-refractivity contribution is 0.414. The fraction of sp³-hybridized carbons (Fsp3) is 0.143. The van der Waals surface area contributed by atoms with E-state index in [1.54, 1.807) is 14.2 Å². The van der Waals surface area contributed by atoms with Gasteiger partial charge < -0.3 is 9.47 Å². The van der Waals surface area contributed by atoms with E-state index in [9.17, 15) is 0 Å². The Morgan fingerprint density at radius 2 is 0.971 bits per heavy atom. The lowest BCUT2D eigenvalue weighted by atomic mass is 10.0. The molecule has 0 saturated carbocycles. The summed E-state index contributed by atoms with van der Waals surface area (Å²) in [5.41, 5.74) is 5.25. The number of nitrogens with zero attached hydrogens (tertiary/aromatic N) is 2. The summed E-state index contributed by atoms with van der Waals surface area (Å²) in [7, 11) is 3.32. The van der Waals surface area contributed by atoms with Crippen molar-refractivity contribution in [2.45, 2.75) is 10.5 Å². The number of benzene rings is 4. The van der Waals surface area contributed by atoms with Gasteiger partial charge in [-0.05, 0) is 58.3 Å². The first-order valence-corrected chi connectivity index (χ1v) is 11.9. The van der Waals surface area contributed by atoms with E-state index >= 15 is 0 Å². The third-order valence-corrected chi connectivity index (χ3v) is 7.05. The van der Waals surface area contributed by atoms with Crippen LogP contribution in [0.2, 0.25) is 0 Å². The summed E-state index contributed by atoms with van der Waals surface area (Å²) < 4.78 is 10.6. The fourth-order valence-electron chi connectivity index (χ4n) is 4.06. The van der Waals surface area contributed by atoms with E-state index in [4.69, 9.17) is 44.7 Å². The number of hydrogen-bond acceptors (Lipinski definition) is 6. The zero-order chi connectivity index (χ0) is 23.7. The van der Waals surface area contributed by atoms with E-state index in [2.05, 4.69) is 24.3 Å². The highest BCUT2D eigenvalue weighted by atomic mass is 32.1. The third kappa shape index (κ3) is 4.31. The Labute approximate surface area is 209 Å². The predicted octanol–water partition coefficient (Wildman–Crippen LogP) is 6.84. The number of methoxy groups -OCH3 is 2. The van der Waals surface area contributed by atoms with Gasteiger partial charge in [0, 0.05) is 0 Å². The zero-order valence-corrected chi connectivity index (χ0v) is 20.6. The Hall–Kier alpha value is -3.22. The maximum absolute atomic E-state index is 5.32. The van der Waals surface area contributed by atoms with Crippen LogP contribution in [0.4, 0.5) is 0 Å². The molecule has 0 saturated heterocycles. The van der Waals surface area contributed by atoms with Gasteiger partial charge in [-0.1, -0.05) is 48.5 Å². The zero-order valence-electron chi connectivity index (χ0n) is 18.8. The van der Waals surface area contributed by atoms with Crippen molar-refractivity contribution in [1.82, 2.24) is 9.97 Å². The second-order valence-electron chi connectivity index (χ2n) is 8.03. The van der Waals surface area contributed by atoms with Crippen LogP contribution in [-0.2, 0) is 0 Å². The SMILES string of the molecule is COc1ccc(C(S)c2nc3cc4ccccc4cc3nc2C(S)c2ccc(OC)cc2)cc1. The van der Waals surface area contributed by atoms with Gasteiger partial charge in [0.1, 0.15) is 11.5 Å². The molecule has 170 valence electrons. The topological polar surface area (TPSA) is 44.2 Å². The van der Waals surface area contributed by atoms with E-state index < -0.39 is 0 Å². The van der Waals surface area contributed by atoms with Gasteiger partial charge in [-0.25, -0.2) is 9.97 Å². The van der Waals surface area contributed by atoms with Crippen LogP contribution in [-0.4, -0.2) is 24.2 Å². The quantitative estimate of drug-likeness (QED) is 0.205. The maximum atomic E-state index is 5.32. The van der Waals surface area contributed by atoms with Crippen molar-refractivity contribution in [3.8, 4) is 11.5 Å². The lowest BCUT2D eigenvalue weighted by Crippen LogP contribution is -2.09. The minimum absolute atomic E-state index is 0.280. The van der Waals surface area contributed by atoms with Gasteiger partial charge in [0.05, 0.1) is 47.1 Å². The molecule has 0 aliphatic heterocycles. The van der Waals surface area contributed by atoms with Crippen molar-refractivity contribution in [2.75, 3.05) is 14.2 Å². The van der Waals surface area contributed by atoms with Crippen molar-refractivity contribution in [3.63, 3.8) is 0 Å². The molecular formula is C28H24N2O2S2. The van der Waals surface area contributed by atoms with Gasteiger partial charge in [-0.2, -0.15) is 25.3 Å². The van der Waals surface area contributed by atoms with Crippen LogP contribution in [0.1, 0.15) is 33.0 Å². The van der Waals surface area contributed by atoms with Crippen molar-refractivity contribution < 1.29 is 9.47 Å². The molecule has 6 heteroatoms. The molecule has 1 aromatic heterocycles. The Morgan fingerprint density at radius 1 is 0.588 bits per heavy atom. The van der Waals surface area contributed by atoms with E-state index in [1.807, 2.05) is 60.7 Å². The average molecular weight is 485 g/mol. The minimum Gasteiger partial charge on any atom is -0.497 e. The van der Waals surface area contributed by atoms with E-state index in [1.165, 1.54) is 0 Å². The number of thiol groups is 2. The first kappa shape index (κ1) is 22.6. The molecule has 0 radical (unpaired) electrons. The fourth-order valence-corrected chi connectivity index (χ4v) is 4.78. The van der Waals surface area contributed by atoms with Crippen LogP contribution in [0.3, 0.4) is 0 Å². The molecule has 0 aliphatic carbocycles. The lowest BCUT2D eigenvalue weighted by Gasteiger charge is -2.20. The summed E-state index contributed by atoms with van der Waals surface area (Å²) in [6.07, 6.45) is 0. The van der Waals surface area contributed by atoms with Crippen molar-refractivity contribution in [3.05, 3.63) is 107 Å². The molecule has 1 heterocycles. The molecule has 34 heavy (non-hydrogen) atoms. The number of fused-ring (bicyclic) bond motifs is 2. The minimum atomic E-state index is -0.280. The molecule has 4 nitrogen and oxygen atoms in total. The van der Waals surface area contributed by atoms with E-state index in [0.717, 1.165) is 55.8 Å². The first-order valence-electron chi connectivity index (χ1n) is 10.9. The summed E-state index contributed by atoms with van der Waals surface area (Å²) in [4.78, 5) is 10.2. The molecule has 2 atom stereocenters. The molecule has 0 amide bonds. The Morgan fingerprint density at radius 3 is 1.32 bits per heavy atom. The van der Waals surface area contributed by atoms with Gasteiger partial charge in [0.25, 0.3) is 0 Å². The van der Waals surface area contributed by atoms with Crippen LogP contribution in [0.5, 0.6) is 11.5 Å². The second kappa shape index (κ2) is 9.57. The highest BCUT2D eigenvalue weighted by molar-refractivity contribution is 7.81. The highest BCUT2D eigenvalue weighted by Crippen LogP contribution is 2.38. The smallest absolute Gasteiger partial charge is 0.118 e. The Balaban J connectivity index is 1.68. The van der Waals surface area contributed by atoms with Crippen LogP contribution in [0.15, 0.2) is 84.9 Å². The maximum Gasteiger partial charge on any atom is 0.118 e. The van der Waals surface area contributed by atoms with Gasteiger partial charge >= 0.3 is 0 Å². The summed E-state index contributed by atoms with van der Waals surface area (Å²) in [6.45, 7) is 0. The van der Waals surface area contributed by atoms with Crippen molar-refractivity contribution >= 4 is 47.1 Å². The van der Waals surface area contributed by atoms with Gasteiger partial charge in [-0.3, -0.25) is 0 Å². The Kier molecular flexibility index (Phi) is 6.35. The molecule has 0 fully saturated rings. The largest absolute Gasteiger partial charge is 0.497 e. The van der Waals surface area contributed by atoms with Crippen LogP contribution < -0.4 is 9.47 Å². The number of hydrogen-bond donors (Lipinski definition) is 2. The average Bonchev–Trinajstić information content (AvgIpc) is 2.90. The normalized spacial score (nSPS) is 13.1. The standard InChI is InChI=1S/C28H24N2O2S2/c1-31-21-11-7-17(8-12-21)27(33)25-26(28(34)18-9-13-22(32-2)14-10-18)30-24-16-20-6-4-3-5-19(20)15-23(24)29-25/h3-16,27-28,33-34H,1-2H3. The molecule has 0 bridgehead atoms. The molecule has 2 unspecified atom stereocenters. The van der Waals surface area contributed by atoms with Crippen molar-refractivity contribution in [1.29, 1.82) is 0 Å². The van der Waals surface area contributed by atoms with E-state index in [-0.39, 0.29) is 10.5 Å². The van der Waals surface area contributed by atoms with Crippen LogP contribution in [0.25, 0.3) is 21.8 Å². The molecule has 0 aliphatic rings. The summed E-state index contributed by atoms with van der Waals surface area (Å²) >= 11 is 9.97. The molecule has 5 aromatic rings. The van der Waals surface area contributed by atoms with Crippen LogP contribution >= 0.6 is 25.3 Å². The predicted molar refractivity (Wildman–Crippen MR) is 145 cm³/mol. The monoisotopic (exact) mass is 484 g/mol. The highest BCUT2D eigenvalue weighted by Gasteiger charge is 2.24. The summed E-state index contributed by atoms with van der Waals surface area (Å²) in [6, 6.07) is 28.2. The molecular weight excluding hydrogens is 460 g/mol. The van der Waals surface area contributed by atoms with Gasteiger partial charge in [0.2, 0.25) is 0 Å². The van der Waals surface area contributed by atoms with Crippen molar-refractivity contribution in [2.24, 2.45) is 0 Å². The van der Waals surface area contributed by atoms with Gasteiger partial charge in [-0.15, -0.1) is 0 Å². The molecule has 5 rings (SSSR count). The summed E-state index contributed by atoms with van der Waals surface area (Å²) in [5, 5.41) is 1.69. The first-order chi connectivity index (χ1) is 16.6. The van der Waals surface area contributed by atoms with Gasteiger partial charge in [0.15, 0.2) is 0 Å². The van der Waals surface area contributed by atoms with Crippen LogP contribution in [0, 0.1) is 0 Å². The molecule has 0 spiro atoms. The molecule has 0 N–H and O–H groups in total. The third-order valence-electron chi connectivity index (χ3n) is 5.97. The Bertz CT molecular complexity index is 1340.